The van der Waals surface area contributed by atoms with Crippen LogP contribution < -0.4 is 11.5 Å². The number of nitrogens with zero attached hydrogens (tertiary/aromatic N) is 1. The maximum Gasteiger partial charge on any atom is 0.150 e. The molecule has 21 heavy (non-hydrogen) atoms. The van der Waals surface area contributed by atoms with E-state index in [2.05, 4.69) is 10.2 Å². The van der Waals surface area contributed by atoms with Crippen LogP contribution in [0.3, 0.4) is 0 Å². The highest BCUT2D eigenvalue weighted by molar-refractivity contribution is 5.86. The number of aromatic amines is 1. The summed E-state index contributed by atoms with van der Waals surface area (Å²) in [5.74, 6) is 0. The fraction of sp³-hybridized carbons (Fsp3) is 0. The van der Waals surface area contributed by atoms with Gasteiger partial charge in [-0.25, -0.2) is 0 Å². The zero-order chi connectivity index (χ0) is 15.1. The van der Waals surface area contributed by atoms with Crippen molar-refractivity contribution in [2.75, 3.05) is 11.5 Å². The Hall–Kier alpha value is -3.08. The first-order chi connectivity index (χ1) is 10.2. The molecule has 0 amide bonds. The molecule has 0 saturated heterocycles. The lowest BCUT2D eigenvalue weighted by molar-refractivity contribution is 0.112. The van der Waals surface area contributed by atoms with Gasteiger partial charge in [0.2, 0.25) is 0 Å². The Labute approximate surface area is 122 Å². The van der Waals surface area contributed by atoms with Crippen molar-refractivity contribution in [1.29, 1.82) is 0 Å². The molecular weight excluding hydrogens is 264 g/mol. The first-order valence-electron chi connectivity index (χ1n) is 6.35. The smallest absolute Gasteiger partial charge is 0.150 e. The molecule has 3 aromatic rings. The van der Waals surface area contributed by atoms with Crippen molar-refractivity contribution in [3.05, 3.63) is 66.4 Å². The van der Waals surface area contributed by atoms with Crippen molar-refractivity contribution < 1.29 is 4.79 Å². The van der Waals surface area contributed by atoms with Crippen molar-refractivity contribution >= 4 is 17.7 Å². The Morgan fingerprint density at radius 1 is 0.905 bits per heavy atom. The number of anilines is 2. The zero-order valence-corrected chi connectivity index (χ0v) is 11.4. The molecule has 0 saturated carbocycles. The van der Waals surface area contributed by atoms with Gasteiger partial charge < -0.3 is 11.5 Å². The Balaban J connectivity index is 0.000000173. The summed E-state index contributed by atoms with van der Waals surface area (Å²) in [7, 11) is 0. The first kappa shape index (κ1) is 14.3. The van der Waals surface area contributed by atoms with Gasteiger partial charge in [0.25, 0.3) is 0 Å². The molecule has 3 rings (SSSR count). The molecule has 0 fully saturated rings. The van der Waals surface area contributed by atoms with Crippen LogP contribution in [-0.2, 0) is 0 Å². The highest BCUT2D eigenvalue weighted by Crippen LogP contribution is 2.19. The van der Waals surface area contributed by atoms with Crippen LogP contribution >= 0.6 is 0 Å². The average molecular weight is 280 g/mol. The van der Waals surface area contributed by atoms with Gasteiger partial charge in [-0.05, 0) is 30.3 Å². The molecular formula is C16H16N4O. The molecule has 0 atom stereocenters. The minimum Gasteiger partial charge on any atom is -0.399 e. The second kappa shape index (κ2) is 6.91. The van der Waals surface area contributed by atoms with Crippen LogP contribution in [0.15, 0.2) is 60.8 Å². The molecule has 0 bridgehead atoms. The van der Waals surface area contributed by atoms with Gasteiger partial charge in [-0.15, -0.1) is 0 Å². The van der Waals surface area contributed by atoms with E-state index in [-0.39, 0.29) is 0 Å². The maximum atomic E-state index is 10.7. The number of aldehydes is 1. The van der Waals surface area contributed by atoms with E-state index < -0.39 is 0 Å². The van der Waals surface area contributed by atoms with Crippen LogP contribution in [0, 0.1) is 0 Å². The van der Waals surface area contributed by atoms with Crippen molar-refractivity contribution in [1.82, 2.24) is 10.2 Å². The standard InChI is InChI=1S/C10H8N2O.C6H8N2/c13-7-8-3-1-2-4-9(8)10-5-6-11-12-10;7-5-1-2-6(8)4-3-5/h1-7H,(H,11,12);1-4H,7-8H2. The number of carbonyl (C=O) groups is 1. The van der Waals surface area contributed by atoms with Crippen LogP contribution in [0.5, 0.6) is 0 Å². The summed E-state index contributed by atoms with van der Waals surface area (Å²) in [6.07, 6.45) is 2.51. The molecule has 0 spiro atoms. The minimum atomic E-state index is 0.673. The molecule has 1 heterocycles. The molecule has 0 radical (unpaired) electrons. The Bertz CT molecular complexity index is 670. The number of hydrogen-bond donors (Lipinski definition) is 3. The number of benzene rings is 2. The van der Waals surface area contributed by atoms with Crippen LogP contribution in [0.1, 0.15) is 10.4 Å². The lowest BCUT2D eigenvalue weighted by Crippen LogP contribution is -1.86. The van der Waals surface area contributed by atoms with Gasteiger partial charge in [0.15, 0.2) is 6.29 Å². The average Bonchev–Trinajstić information content (AvgIpc) is 3.05. The first-order valence-corrected chi connectivity index (χ1v) is 6.35. The largest absolute Gasteiger partial charge is 0.399 e. The molecule has 5 nitrogen and oxygen atoms in total. The van der Waals surface area contributed by atoms with Crippen LogP contribution in [0.2, 0.25) is 0 Å². The second-order valence-corrected chi connectivity index (χ2v) is 4.34. The SMILES string of the molecule is Nc1ccc(N)cc1.O=Cc1ccccc1-c1ccn[nH]1. The lowest BCUT2D eigenvalue weighted by Gasteiger charge is -1.99. The zero-order valence-electron chi connectivity index (χ0n) is 11.4. The molecule has 0 aliphatic heterocycles. The van der Waals surface area contributed by atoms with Gasteiger partial charge >= 0.3 is 0 Å². The highest BCUT2D eigenvalue weighted by Gasteiger charge is 2.03. The fourth-order valence-corrected chi connectivity index (χ4v) is 1.75. The predicted molar refractivity (Wildman–Crippen MR) is 84.7 cm³/mol. The number of H-pyrrole nitrogens is 1. The van der Waals surface area contributed by atoms with Crippen molar-refractivity contribution in [3.8, 4) is 11.3 Å². The number of nitrogens with one attached hydrogen (secondary N) is 1. The van der Waals surface area contributed by atoms with Crippen LogP contribution in [0.25, 0.3) is 11.3 Å². The van der Waals surface area contributed by atoms with Crippen molar-refractivity contribution in [2.24, 2.45) is 0 Å². The molecule has 0 aliphatic rings. The van der Waals surface area contributed by atoms with Crippen molar-refractivity contribution in [2.45, 2.75) is 0 Å². The van der Waals surface area contributed by atoms with Gasteiger partial charge in [-0.2, -0.15) is 5.10 Å². The Kier molecular flexibility index (Phi) is 4.71. The maximum absolute atomic E-state index is 10.7. The molecule has 0 aliphatic carbocycles. The molecule has 5 N–H and O–H groups in total. The number of hydrogen-bond acceptors (Lipinski definition) is 4. The van der Waals surface area contributed by atoms with Crippen LogP contribution in [0.4, 0.5) is 11.4 Å². The summed E-state index contributed by atoms with van der Waals surface area (Å²) in [6.45, 7) is 0. The summed E-state index contributed by atoms with van der Waals surface area (Å²) in [5.41, 5.74) is 14.7. The summed E-state index contributed by atoms with van der Waals surface area (Å²) in [6, 6.07) is 16.3. The van der Waals surface area contributed by atoms with E-state index in [0.717, 1.165) is 28.9 Å². The third-order valence-corrected chi connectivity index (χ3v) is 2.82. The third-order valence-electron chi connectivity index (χ3n) is 2.82. The lowest BCUT2D eigenvalue weighted by atomic mass is 10.1. The van der Waals surface area contributed by atoms with E-state index >= 15 is 0 Å². The molecule has 0 unspecified atom stereocenters. The number of nitrogens with two attached hydrogens (primary N) is 2. The van der Waals surface area contributed by atoms with Gasteiger partial charge in [0, 0.05) is 28.7 Å². The van der Waals surface area contributed by atoms with Gasteiger partial charge in [-0.1, -0.05) is 24.3 Å². The topological polar surface area (TPSA) is 97.8 Å². The molecule has 5 heteroatoms. The Morgan fingerprint density at radius 3 is 2.05 bits per heavy atom. The molecule has 106 valence electrons. The molecule has 2 aromatic carbocycles. The summed E-state index contributed by atoms with van der Waals surface area (Å²) in [4.78, 5) is 10.7. The van der Waals surface area contributed by atoms with Gasteiger partial charge in [0.1, 0.15) is 0 Å². The number of nitrogen functional groups attached to an aromatic ring is 2. The van der Waals surface area contributed by atoms with Gasteiger partial charge in [0.05, 0.1) is 5.69 Å². The number of aromatic nitrogens is 2. The Morgan fingerprint density at radius 2 is 1.52 bits per heavy atom. The highest BCUT2D eigenvalue weighted by atomic mass is 16.1. The van der Waals surface area contributed by atoms with Crippen molar-refractivity contribution in [3.63, 3.8) is 0 Å². The monoisotopic (exact) mass is 280 g/mol. The third kappa shape index (κ3) is 3.94. The van der Waals surface area contributed by atoms with E-state index in [1.807, 2.05) is 24.3 Å². The van der Waals surface area contributed by atoms with E-state index in [0.29, 0.717) is 5.56 Å². The summed E-state index contributed by atoms with van der Waals surface area (Å²) >= 11 is 0. The minimum absolute atomic E-state index is 0.673. The number of rotatable bonds is 2. The van der Waals surface area contributed by atoms with E-state index in [4.69, 9.17) is 11.5 Å². The van der Waals surface area contributed by atoms with E-state index in [1.165, 1.54) is 0 Å². The predicted octanol–water partition coefficient (Wildman–Crippen LogP) is 2.74. The molecule has 1 aromatic heterocycles. The quantitative estimate of drug-likeness (QED) is 0.496. The van der Waals surface area contributed by atoms with Gasteiger partial charge in [-0.3, -0.25) is 9.89 Å². The summed E-state index contributed by atoms with van der Waals surface area (Å²) in [5, 5.41) is 6.65. The van der Waals surface area contributed by atoms with Crippen LogP contribution in [-0.4, -0.2) is 16.5 Å². The van der Waals surface area contributed by atoms with E-state index in [1.54, 1.807) is 36.5 Å². The second-order valence-electron chi connectivity index (χ2n) is 4.34. The summed E-state index contributed by atoms with van der Waals surface area (Å²) < 4.78 is 0. The number of carbonyl (C=O) groups excluding carboxylic acids is 1. The van der Waals surface area contributed by atoms with E-state index in [9.17, 15) is 4.79 Å². The fourth-order valence-electron chi connectivity index (χ4n) is 1.75. The normalized spacial score (nSPS) is 9.52.